The molecule has 0 aliphatic carbocycles. The molecule has 1 aromatic rings. The van der Waals surface area contributed by atoms with E-state index in [-0.39, 0.29) is 11.7 Å². The van der Waals surface area contributed by atoms with Crippen LogP contribution < -0.4 is 9.97 Å². The van der Waals surface area contributed by atoms with Crippen molar-refractivity contribution in [1.29, 1.82) is 0 Å². The number of nitrogens with zero attached hydrogens (tertiary/aromatic N) is 1. The van der Waals surface area contributed by atoms with Gasteiger partial charge in [0.15, 0.2) is 5.82 Å². The van der Waals surface area contributed by atoms with Crippen LogP contribution in [0.4, 0.5) is 5.82 Å². The zero-order chi connectivity index (χ0) is 12.2. The van der Waals surface area contributed by atoms with Gasteiger partial charge in [-0.25, -0.2) is 4.98 Å². The van der Waals surface area contributed by atoms with Crippen LogP contribution in [-0.2, 0) is 4.79 Å². The first-order valence-electron chi connectivity index (χ1n) is 4.84. The molecule has 0 bridgehead atoms. The fourth-order valence-corrected chi connectivity index (χ4v) is 0.931. The molecule has 0 spiro atoms. The highest BCUT2D eigenvalue weighted by Crippen LogP contribution is 2.23. The van der Waals surface area contributed by atoms with Gasteiger partial charge in [0.25, 0.3) is 0 Å². The lowest BCUT2D eigenvalue weighted by atomic mass is 9.96. The molecule has 5 nitrogen and oxygen atoms in total. The highest BCUT2D eigenvalue weighted by Gasteiger charge is 2.22. The van der Waals surface area contributed by atoms with Crippen molar-refractivity contribution in [3.63, 3.8) is 0 Å². The Morgan fingerprint density at radius 2 is 2.25 bits per heavy atom. The molecule has 0 aliphatic rings. The normalized spacial score (nSPS) is 10.8. The van der Waals surface area contributed by atoms with Gasteiger partial charge in [-0.05, 0) is 12.1 Å². The third-order valence-electron chi connectivity index (χ3n) is 1.86. The molecular formula is C10H14BN2O3. The molecule has 0 fully saturated rings. The van der Waals surface area contributed by atoms with Crippen LogP contribution in [0.3, 0.4) is 0 Å². The number of pyridine rings is 1. The molecule has 1 rings (SSSR count). The van der Waals surface area contributed by atoms with E-state index in [2.05, 4.69) is 10.3 Å². The van der Waals surface area contributed by atoms with Gasteiger partial charge >= 0.3 is 7.69 Å². The largest absolute Gasteiger partial charge is 0.569 e. The molecule has 1 radical (unpaired) electrons. The quantitative estimate of drug-likeness (QED) is 0.746. The number of hydrogen-bond donors (Lipinski definition) is 2. The summed E-state index contributed by atoms with van der Waals surface area (Å²) in [5.74, 6) is 0.407. The molecule has 1 heterocycles. The Labute approximate surface area is 95.2 Å². The van der Waals surface area contributed by atoms with Gasteiger partial charge < -0.3 is 15.0 Å². The number of hydrogen-bond acceptors (Lipinski definition) is 4. The van der Waals surface area contributed by atoms with E-state index in [4.69, 9.17) is 9.68 Å². The second-order valence-electron chi connectivity index (χ2n) is 4.28. The van der Waals surface area contributed by atoms with Crippen molar-refractivity contribution in [2.75, 3.05) is 5.32 Å². The van der Waals surface area contributed by atoms with Gasteiger partial charge in [-0.15, -0.1) is 0 Å². The van der Waals surface area contributed by atoms with Crippen LogP contribution in [0.25, 0.3) is 0 Å². The number of amides is 1. The van der Waals surface area contributed by atoms with E-state index in [0.29, 0.717) is 13.4 Å². The fourth-order valence-electron chi connectivity index (χ4n) is 0.931. The monoisotopic (exact) mass is 221 g/mol. The first-order chi connectivity index (χ1) is 7.45. The molecule has 0 saturated carbocycles. The Hall–Kier alpha value is -1.56. The topological polar surface area (TPSA) is 71.5 Å². The summed E-state index contributed by atoms with van der Waals surface area (Å²) in [5, 5.41) is 11.2. The maximum atomic E-state index is 11.7. The molecule has 0 aliphatic heterocycles. The molecule has 1 amide bonds. The summed E-state index contributed by atoms with van der Waals surface area (Å²) in [6.07, 6.45) is 1.53. The number of anilines is 1. The van der Waals surface area contributed by atoms with Gasteiger partial charge in [0.05, 0.1) is 0 Å². The highest BCUT2D eigenvalue weighted by atomic mass is 16.5. The van der Waals surface area contributed by atoms with Crippen LogP contribution in [0.2, 0.25) is 0 Å². The van der Waals surface area contributed by atoms with Gasteiger partial charge in [-0.1, -0.05) is 20.8 Å². The SMILES string of the molecule is CC(C)(C)C(=O)Nc1ncccc1O[B]O. The molecule has 0 atom stereocenters. The first-order valence-corrected chi connectivity index (χ1v) is 4.84. The van der Waals surface area contributed by atoms with Crippen LogP contribution in [0.5, 0.6) is 5.75 Å². The smallest absolute Gasteiger partial charge is 0.535 e. The Kier molecular flexibility index (Phi) is 3.90. The molecule has 0 unspecified atom stereocenters. The zero-order valence-corrected chi connectivity index (χ0v) is 9.52. The summed E-state index contributed by atoms with van der Waals surface area (Å²) in [6, 6.07) is 3.24. The summed E-state index contributed by atoms with van der Waals surface area (Å²) < 4.78 is 4.80. The average Bonchev–Trinajstić information content (AvgIpc) is 2.20. The summed E-state index contributed by atoms with van der Waals surface area (Å²) in [4.78, 5) is 15.7. The number of carbonyl (C=O) groups excluding carboxylic acids is 1. The minimum absolute atomic E-state index is 0.172. The number of aromatic nitrogens is 1. The zero-order valence-electron chi connectivity index (χ0n) is 9.52. The average molecular weight is 221 g/mol. The van der Waals surface area contributed by atoms with Crippen molar-refractivity contribution in [3.8, 4) is 5.75 Å². The van der Waals surface area contributed by atoms with Gasteiger partial charge in [0, 0.05) is 11.6 Å². The van der Waals surface area contributed by atoms with Crippen molar-refractivity contribution in [1.82, 2.24) is 4.98 Å². The molecule has 2 N–H and O–H groups in total. The standard InChI is InChI=1S/C10H14BN2O3/c1-10(2,3)9(14)13-8-7(16-11-15)5-4-6-12-8/h4-6,15H,1-3H3,(H,12,13,14). The lowest BCUT2D eigenvalue weighted by molar-refractivity contribution is -0.123. The van der Waals surface area contributed by atoms with E-state index >= 15 is 0 Å². The Morgan fingerprint density at radius 1 is 1.56 bits per heavy atom. The van der Waals surface area contributed by atoms with Gasteiger partial charge in [0.1, 0.15) is 5.75 Å². The molecule has 0 aromatic carbocycles. The van der Waals surface area contributed by atoms with E-state index in [9.17, 15) is 4.79 Å². The third kappa shape index (κ3) is 3.24. The van der Waals surface area contributed by atoms with Gasteiger partial charge in [0.2, 0.25) is 5.91 Å². The fraction of sp³-hybridized carbons (Fsp3) is 0.400. The summed E-state index contributed by atoms with van der Waals surface area (Å²) in [5.41, 5.74) is -0.516. The Bertz CT molecular complexity index is 377. The third-order valence-corrected chi connectivity index (χ3v) is 1.86. The summed E-state index contributed by atoms with van der Waals surface area (Å²) in [6.45, 7) is 5.39. The van der Waals surface area contributed by atoms with E-state index in [0.717, 1.165) is 0 Å². The summed E-state index contributed by atoms with van der Waals surface area (Å²) >= 11 is 0. The van der Waals surface area contributed by atoms with Crippen molar-refractivity contribution in [2.24, 2.45) is 5.41 Å². The van der Waals surface area contributed by atoms with Crippen molar-refractivity contribution in [3.05, 3.63) is 18.3 Å². The predicted octanol–water partition coefficient (Wildman–Crippen LogP) is 0.971. The summed E-state index contributed by atoms with van der Waals surface area (Å²) in [7, 11) is 0.545. The molecule has 0 saturated heterocycles. The predicted molar refractivity (Wildman–Crippen MR) is 60.9 cm³/mol. The second-order valence-corrected chi connectivity index (χ2v) is 4.28. The lowest BCUT2D eigenvalue weighted by Gasteiger charge is -2.18. The molecule has 6 heteroatoms. The number of rotatable bonds is 3. The maximum Gasteiger partial charge on any atom is 0.569 e. The van der Waals surface area contributed by atoms with Crippen molar-refractivity contribution < 1.29 is 14.5 Å². The van der Waals surface area contributed by atoms with E-state index in [1.165, 1.54) is 6.20 Å². The van der Waals surface area contributed by atoms with Crippen molar-refractivity contribution in [2.45, 2.75) is 20.8 Å². The minimum atomic E-state index is -0.516. The Balaban J connectivity index is 2.84. The second kappa shape index (κ2) is 4.98. The highest BCUT2D eigenvalue weighted by molar-refractivity contribution is 6.17. The number of nitrogens with one attached hydrogen (secondary N) is 1. The maximum absolute atomic E-state index is 11.7. The minimum Gasteiger partial charge on any atom is -0.535 e. The van der Waals surface area contributed by atoms with Crippen LogP contribution in [0.1, 0.15) is 20.8 Å². The van der Waals surface area contributed by atoms with E-state index in [1.807, 2.05) is 0 Å². The molecular weight excluding hydrogens is 207 g/mol. The van der Waals surface area contributed by atoms with E-state index < -0.39 is 5.41 Å². The van der Waals surface area contributed by atoms with Crippen LogP contribution >= 0.6 is 0 Å². The molecule has 1 aromatic heterocycles. The van der Waals surface area contributed by atoms with Crippen molar-refractivity contribution >= 4 is 19.4 Å². The van der Waals surface area contributed by atoms with Crippen LogP contribution in [-0.4, -0.2) is 23.6 Å². The van der Waals surface area contributed by atoms with Crippen LogP contribution in [0, 0.1) is 5.41 Å². The first kappa shape index (κ1) is 12.5. The lowest BCUT2D eigenvalue weighted by Crippen LogP contribution is -2.28. The van der Waals surface area contributed by atoms with Crippen LogP contribution in [0.15, 0.2) is 18.3 Å². The van der Waals surface area contributed by atoms with Gasteiger partial charge in [-0.2, -0.15) is 0 Å². The number of carbonyl (C=O) groups is 1. The van der Waals surface area contributed by atoms with E-state index in [1.54, 1.807) is 32.9 Å². The molecule has 85 valence electrons. The Morgan fingerprint density at radius 3 is 2.81 bits per heavy atom. The van der Waals surface area contributed by atoms with Gasteiger partial charge in [-0.3, -0.25) is 4.79 Å². The molecule has 16 heavy (non-hydrogen) atoms.